The van der Waals surface area contributed by atoms with E-state index in [9.17, 15) is 14.4 Å². The third-order valence-corrected chi connectivity index (χ3v) is 14.6. The number of carbonyl (C=O) groups excluding carboxylic acids is 3. The van der Waals surface area contributed by atoms with E-state index in [0.717, 1.165) is 109 Å². The molecule has 0 saturated carbocycles. The van der Waals surface area contributed by atoms with E-state index < -0.39 is 6.10 Å². The molecule has 0 amide bonds. The van der Waals surface area contributed by atoms with Crippen LogP contribution in [0.25, 0.3) is 0 Å². The number of unbranched alkanes of at least 4 members (excludes halogenated alkanes) is 34. The molecule has 454 valence electrons. The molecule has 0 rings (SSSR count). The summed E-state index contributed by atoms with van der Waals surface area (Å²) in [5.74, 6) is -0.866. The van der Waals surface area contributed by atoms with Crippen molar-refractivity contribution < 1.29 is 28.6 Å². The van der Waals surface area contributed by atoms with Crippen molar-refractivity contribution in [2.45, 2.75) is 335 Å². The van der Waals surface area contributed by atoms with Gasteiger partial charge in [0, 0.05) is 19.3 Å². The van der Waals surface area contributed by atoms with Gasteiger partial charge in [0.1, 0.15) is 13.2 Å². The first-order chi connectivity index (χ1) is 39.0. The lowest BCUT2D eigenvalue weighted by Crippen LogP contribution is -2.30. The molecule has 0 aromatic carbocycles. The van der Waals surface area contributed by atoms with Gasteiger partial charge in [-0.05, 0) is 96.3 Å². The van der Waals surface area contributed by atoms with Gasteiger partial charge < -0.3 is 14.2 Å². The zero-order valence-corrected chi connectivity index (χ0v) is 52.1. The maximum Gasteiger partial charge on any atom is 0.306 e. The van der Waals surface area contributed by atoms with E-state index >= 15 is 0 Å². The smallest absolute Gasteiger partial charge is 0.306 e. The van der Waals surface area contributed by atoms with Gasteiger partial charge in [-0.25, -0.2) is 0 Å². The van der Waals surface area contributed by atoms with Crippen molar-refractivity contribution in [2.24, 2.45) is 0 Å². The van der Waals surface area contributed by atoms with E-state index in [1.807, 2.05) is 0 Å². The highest BCUT2D eigenvalue weighted by molar-refractivity contribution is 5.71. The molecule has 0 radical (unpaired) electrons. The molecule has 0 aliphatic heterocycles. The minimum Gasteiger partial charge on any atom is -0.462 e. The Balaban J connectivity index is 4.17. The van der Waals surface area contributed by atoms with E-state index in [4.69, 9.17) is 14.2 Å². The second-order valence-electron chi connectivity index (χ2n) is 22.3. The van der Waals surface area contributed by atoms with Gasteiger partial charge >= 0.3 is 17.9 Å². The van der Waals surface area contributed by atoms with Gasteiger partial charge in [-0.15, -0.1) is 0 Å². The third kappa shape index (κ3) is 65.0. The van der Waals surface area contributed by atoms with Crippen molar-refractivity contribution in [1.82, 2.24) is 0 Å². The molecule has 0 saturated heterocycles. The Hall–Kier alpha value is -3.67. The van der Waals surface area contributed by atoms with Crippen molar-refractivity contribution >= 4 is 17.9 Å². The molecule has 0 heterocycles. The average molecular weight is 1100 g/mol. The minimum absolute atomic E-state index is 0.0743. The van der Waals surface area contributed by atoms with Gasteiger partial charge in [0.2, 0.25) is 0 Å². The minimum atomic E-state index is -0.777. The molecule has 0 bridgehead atoms. The van der Waals surface area contributed by atoms with Crippen LogP contribution in [-0.2, 0) is 28.6 Å². The third-order valence-electron chi connectivity index (χ3n) is 14.6. The van der Waals surface area contributed by atoms with Crippen LogP contribution in [0.15, 0.2) is 97.2 Å². The van der Waals surface area contributed by atoms with E-state index in [-0.39, 0.29) is 31.1 Å². The molecule has 79 heavy (non-hydrogen) atoms. The number of allylic oxidation sites excluding steroid dienone is 16. The lowest BCUT2D eigenvalue weighted by atomic mass is 10.0. The molecule has 1 atom stereocenters. The number of hydrogen-bond donors (Lipinski definition) is 0. The molecule has 0 aliphatic carbocycles. The second kappa shape index (κ2) is 66.8. The summed E-state index contributed by atoms with van der Waals surface area (Å²) >= 11 is 0. The molecule has 0 spiro atoms. The molecule has 0 fully saturated rings. The fourth-order valence-electron chi connectivity index (χ4n) is 9.60. The number of esters is 3. The monoisotopic (exact) mass is 1100 g/mol. The first-order valence-corrected chi connectivity index (χ1v) is 33.7. The maximum absolute atomic E-state index is 12.9. The van der Waals surface area contributed by atoms with Gasteiger partial charge in [-0.3, -0.25) is 14.4 Å². The van der Waals surface area contributed by atoms with Gasteiger partial charge in [0.05, 0.1) is 0 Å². The zero-order valence-electron chi connectivity index (χ0n) is 52.1. The normalized spacial score (nSPS) is 12.7. The van der Waals surface area contributed by atoms with Crippen LogP contribution < -0.4 is 0 Å². The Morgan fingerprint density at radius 3 is 0.772 bits per heavy atom. The van der Waals surface area contributed by atoms with Crippen LogP contribution >= 0.6 is 0 Å². The first-order valence-electron chi connectivity index (χ1n) is 33.7. The summed E-state index contributed by atoms with van der Waals surface area (Å²) in [5, 5.41) is 0. The predicted octanol–water partition coefficient (Wildman–Crippen LogP) is 23.2. The lowest BCUT2D eigenvalue weighted by Gasteiger charge is -2.18. The van der Waals surface area contributed by atoms with Crippen molar-refractivity contribution in [2.75, 3.05) is 13.2 Å². The van der Waals surface area contributed by atoms with Crippen molar-refractivity contribution in [3.63, 3.8) is 0 Å². The number of ether oxygens (including phenoxy) is 3. The summed E-state index contributed by atoms with van der Waals surface area (Å²) in [6, 6.07) is 0. The summed E-state index contributed by atoms with van der Waals surface area (Å²) < 4.78 is 16.9. The molecular weight excluding hydrogens is 973 g/mol. The fourth-order valence-corrected chi connectivity index (χ4v) is 9.60. The van der Waals surface area contributed by atoms with Crippen molar-refractivity contribution in [3.05, 3.63) is 97.2 Å². The van der Waals surface area contributed by atoms with E-state index in [0.29, 0.717) is 19.3 Å². The highest BCUT2D eigenvalue weighted by atomic mass is 16.6. The zero-order chi connectivity index (χ0) is 57.1. The Labute approximate surface area is 489 Å². The van der Waals surface area contributed by atoms with Crippen LogP contribution in [0.1, 0.15) is 329 Å². The number of carbonyl (C=O) groups is 3. The largest absolute Gasteiger partial charge is 0.462 e. The Kier molecular flexibility index (Phi) is 63.7. The Morgan fingerprint density at radius 1 is 0.266 bits per heavy atom. The highest BCUT2D eigenvalue weighted by Crippen LogP contribution is 2.17. The van der Waals surface area contributed by atoms with E-state index in [1.165, 1.54) is 180 Å². The molecule has 0 N–H and O–H groups in total. The van der Waals surface area contributed by atoms with Crippen LogP contribution in [-0.4, -0.2) is 37.2 Å². The van der Waals surface area contributed by atoms with Crippen molar-refractivity contribution in [1.29, 1.82) is 0 Å². The van der Waals surface area contributed by atoms with Crippen LogP contribution in [0.2, 0.25) is 0 Å². The molecule has 6 nitrogen and oxygen atoms in total. The van der Waals surface area contributed by atoms with Crippen LogP contribution in [0.3, 0.4) is 0 Å². The fraction of sp³-hybridized carbons (Fsp3) is 0.740. The second-order valence-corrected chi connectivity index (χ2v) is 22.3. The maximum atomic E-state index is 12.9. The van der Waals surface area contributed by atoms with Gasteiger partial charge in [-0.2, -0.15) is 0 Å². The van der Waals surface area contributed by atoms with Gasteiger partial charge in [0.15, 0.2) is 6.10 Å². The number of hydrogen-bond acceptors (Lipinski definition) is 6. The van der Waals surface area contributed by atoms with E-state index in [1.54, 1.807) is 0 Å². The standard InChI is InChI=1S/C73H126O6/c1-4-7-10-13-16-19-21-23-25-27-29-31-33-35-36-38-39-41-43-45-47-49-51-54-57-60-63-66-72(75)78-69-70(68-77-71(74)65-62-59-56-53-18-15-12-9-6-3)79-73(76)67-64-61-58-55-52-50-48-46-44-42-40-37-34-32-30-28-26-24-22-20-17-14-11-8-5-2/h7-8,10-11,16-17,19-20,23-26,29-32,70H,4-6,9,12-15,18,21-22,27-28,33-69H2,1-3H3/b10-7-,11-8-,19-16-,20-17-,25-23-,26-24-,31-29-,32-30-. The first kappa shape index (κ1) is 75.3. The summed E-state index contributed by atoms with van der Waals surface area (Å²) in [6.07, 6.45) is 90.1. The highest BCUT2D eigenvalue weighted by Gasteiger charge is 2.19. The molecule has 0 aliphatic rings. The summed E-state index contributed by atoms with van der Waals surface area (Å²) in [7, 11) is 0. The summed E-state index contributed by atoms with van der Waals surface area (Å²) in [5.41, 5.74) is 0. The van der Waals surface area contributed by atoms with Gasteiger partial charge in [0.25, 0.3) is 0 Å². The average Bonchev–Trinajstić information content (AvgIpc) is 3.45. The van der Waals surface area contributed by atoms with Gasteiger partial charge in [-0.1, -0.05) is 311 Å². The molecule has 0 aromatic heterocycles. The van der Waals surface area contributed by atoms with Crippen LogP contribution in [0.5, 0.6) is 0 Å². The molecule has 6 heteroatoms. The van der Waals surface area contributed by atoms with E-state index in [2.05, 4.69) is 118 Å². The summed E-state index contributed by atoms with van der Waals surface area (Å²) in [6.45, 7) is 6.43. The van der Waals surface area contributed by atoms with Crippen LogP contribution in [0, 0.1) is 0 Å². The lowest BCUT2D eigenvalue weighted by molar-refractivity contribution is -0.167. The quantitative estimate of drug-likeness (QED) is 0.0261. The molecule has 1 unspecified atom stereocenters. The molecular formula is C73H126O6. The molecule has 0 aromatic rings. The summed E-state index contributed by atoms with van der Waals surface area (Å²) in [4.78, 5) is 38.3. The van der Waals surface area contributed by atoms with Crippen LogP contribution in [0.4, 0.5) is 0 Å². The topological polar surface area (TPSA) is 78.9 Å². The Bertz CT molecular complexity index is 1540. The SMILES string of the molecule is CC/C=C\C/C=C\C/C=C\C/C=C\CCCCCCCCCCCCCCCCC(=O)OCC(COC(=O)CCCCCCCCCCC)OC(=O)CCCCCCCCCCCCCC/C=C\C/C=C\C/C=C\C/C=C\CC. The number of rotatable bonds is 61. The van der Waals surface area contributed by atoms with Crippen molar-refractivity contribution in [3.8, 4) is 0 Å². The predicted molar refractivity (Wildman–Crippen MR) is 344 cm³/mol. The Morgan fingerprint density at radius 2 is 0.494 bits per heavy atom.